The predicted octanol–water partition coefficient (Wildman–Crippen LogP) is 2.81. The molecule has 0 atom stereocenters. The smallest absolute Gasteiger partial charge is 0.220 e. The number of hydrogen-bond donors (Lipinski definition) is 1. The van der Waals surface area contributed by atoms with E-state index in [1.807, 2.05) is 37.7 Å². The van der Waals surface area contributed by atoms with Gasteiger partial charge in [0.05, 0.1) is 5.69 Å². The van der Waals surface area contributed by atoms with Crippen LogP contribution >= 0.6 is 11.3 Å². The van der Waals surface area contributed by atoms with Crippen LogP contribution in [-0.4, -0.2) is 43.0 Å². The minimum atomic E-state index is 0.105. The number of benzene rings is 1. The third kappa shape index (κ3) is 5.58. The molecule has 0 fully saturated rings. The highest BCUT2D eigenvalue weighted by atomic mass is 32.1. The largest absolute Gasteiger partial charge is 0.356 e. The topological polar surface area (TPSA) is 45.2 Å². The fraction of sp³-hybridized carbons (Fsp3) is 0.412. The first-order valence-electron chi connectivity index (χ1n) is 7.56. The molecule has 0 saturated carbocycles. The van der Waals surface area contributed by atoms with Gasteiger partial charge >= 0.3 is 0 Å². The minimum Gasteiger partial charge on any atom is -0.356 e. The van der Waals surface area contributed by atoms with Gasteiger partial charge in [-0.2, -0.15) is 0 Å². The van der Waals surface area contributed by atoms with Crippen LogP contribution in [0.5, 0.6) is 0 Å². The van der Waals surface area contributed by atoms with E-state index in [0.29, 0.717) is 12.8 Å². The molecule has 0 saturated heterocycles. The van der Waals surface area contributed by atoms with Crippen molar-refractivity contribution in [3.63, 3.8) is 0 Å². The second-order valence-electron chi connectivity index (χ2n) is 5.52. The lowest BCUT2D eigenvalue weighted by Crippen LogP contribution is -2.27. The van der Waals surface area contributed by atoms with Crippen molar-refractivity contribution in [1.82, 2.24) is 15.2 Å². The average molecular weight is 317 g/mol. The van der Waals surface area contributed by atoms with E-state index in [0.717, 1.165) is 35.8 Å². The summed E-state index contributed by atoms with van der Waals surface area (Å²) < 4.78 is 0. The third-order valence-electron chi connectivity index (χ3n) is 3.28. The van der Waals surface area contributed by atoms with Gasteiger partial charge in [0.2, 0.25) is 5.91 Å². The van der Waals surface area contributed by atoms with Crippen molar-refractivity contribution in [1.29, 1.82) is 0 Å². The second kappa shape index (κ2) is 8.66. The minimum absolute atomic E-state index is 0.105. The molecule has 1 heterocycles. The maximum Gasteiger partial charge on any atom is 0.220 e. The molecule has 0 bridgehead atoms. The van der Waals surface area contributed by atoms with Gasteiger partial charge in [0, 0.05) is 23.9 Å². The Bertz CT molecular complexity index is 581. The lowest BCUT2D eigenvalue weighted by Gasteiger charge is -2.09. The van der Waals surface area contributed by atoms with Crippen LogP contribution in [0.15, 0.2) is 35.7 Å². The summed E-state index contributed by atoms with van der Waals surface area (Å²) in [6.45, 7) is 1.73. The summed E-state index contributed by atoms with van der Waals surface area (Å²) in [5.41, 5.74) is 2.12. The number of aromatic nitrogens is 1. The molecule has 22 heavy (non-hydrogen) atoms. The first kappa shape index (κ1) is 16.6. The predicted molar refractivity (Wildman–Crippen MR) is 92.1 cm³/mol. The van der Waals surface area contributed by atoms with Crippen LogP contribution in [0.25, 0.3) is 10.6 Å². The summed E-state index contributed by atoms with van der Waals surface area (Å²) in [6, 6.07) is 10.1. The summed E-state index contributed by atoms with van der Waals surface area (Å²) in [6.07, 6.45) is 2.18. The van der Waals surface area contributed by atoms with E-state index in [2.05, 4.69) is 27.3 Å². The summed E-state index contributed by atoms with van der Waals surface area (Å²) in [7, 11) is 4.07. The zero-order valence-corrected chi connectivity index (χ0v) is 14.0. The van der Waals surface area contributed by atoms with Gasteiger partial charge in [0.25, 0.3) is 0 Å². The Morgan fingerprint density at radius 2 is 2.05 bits per heavy atom. The van der Waals surface area contributed by atoms with E-state index in [1.165, 1.54) is 0 Å². The van der Waals surface area contributed by atoms with Crippen LogP contribution < -0.4 is 5.32 Å². The standard InChI is InChI=1S/C17H23N3OS/c1-20(2)12-6-11-18-16(21)10-9-15-13-22-17(19-15)14-7-4-3-5-8-14/h3-5,7-8,13H,6,9-12H2,1-2H3,(H,18,21). The number of carbonyl (C=O) groups excluding carboxylic acids is 1. The molecule has 2 aromatic rings. The SMILES string of the molecule is CN(C)CCCNC(=O)CCc1csc(-c2ccccc2)n1. The highest BCUT2D eigenvalue weighted by molar-refractivity contribution is 7.13. The highest BCUT2D eigenvalue weighted by Crippen LogP contribution is 2.23. The number of aryl methyl sites for hydroxylation is 1. The monoisotopic (exact) mass is 317 g/mol. The molecule has 1 amide bonds. The van der Waals surface area contributed by atoms with E-state index in [4.69, 9.17) is 0 Å². The third-order valence-corrected chi connectivity index (χ3v) is 4.23. The van der Waals surface area contributed by atoms with Gasteiger partial charge in [-0.3, -0.25) is 4.79 Å². The van der Waals surface area contributed by atoms with E-state index in [1.54, 1.807) is 11.3 Å². The second-order valence-corrected chi connectivity index (χ2v) is 6.37. The molecule has 1 aromatic heterocycles. The van der Waals surface area contributed by atoms with Crippen LogP contribution in [0.4, 0.5) is 0 Å². The van der Waals surface area contributed by atoms with Gasteiger partial charge in [0.1, 0.15) is 5.01 Å². The Labute approximate surface area is 136 Å². The van der Waals surface area contributed by atoms with Gasteiger partial charge < -0.3 is 10.2 Å². The Morgan fingerprint density at radius 3 is 2.77 bits per heavy atom. The van der Waals surface area contributed by atoms with E-state index >= 15 is 0 Å². The van der Waals surface area contributed by atoms with Crippen molar-refractivity contribution in [2.24, 2.45) is 0 Å². The molecule has 118 valence electrons. The molecule has 0 spiro atoms. The molecular formula is C17H23N3OS. The summed E-state index contributed by atoms with van der Waals surface area (Å²) in [5.74, 6) is 0.105. The van der Waals surface area contributed by atoms with Gasteiger partial charge in [-0.25, -0.2) is 4.98 Å². The molecule has 4 nitrogen and oxygen atoms in total. The highest BCUT2D eigenvalue weighted by Gasteiger charge is 2.07. The Hall–Kier alpha value is -1.72. The fourth-order valence-corrected chi connectivity index (χ4v) is 2.95. The molecular weight excluding hydrogens is 294 g/mol. The van der Waals surface area contributed by atoms with Crippen molar-refractivity contribution < 1.29 is 4.79 Å². The van der Waals surface area contributed by atoms with Crippen LogP contribution in [0.2, 0.25) is 0 Å². The first-order chi connectivity index (χ1) is 10.6. The summed E-state index contributed by atoms with van der Waals surface area (Å²) in [5, 5.41) is 6.02. The molecule has 2 rings (SSSR count). The quantitative estimate of drug-likeness (QED) is 0.762. The van der Waals surface area contributed by atoms with Crippen molar-refractivity contribution in [3.05, 3.63) is 41.4 Å². The average Bonchev–Trinajstić information content (AvgIpc) is 2.99. The van der Waals surface area contributed by atoms with Crippen molar-refractivity contribution >= 4 is 17.2 Å². The maximum atomic E-state index is 11.8. The lowest BCUT2D eigenvalue weighted by molar-refractivity contribution is -0.121. The normalized spacial score (nSPS) is 10.9. The van der Waals surface area contributed by atoms with E-state index in [9.17, 15) is 4.79 Å². The number of hydrogen-bond acceptors (Lipinski definition) is 4. The summed E-state index contributed by atoms with van der Waals surface area (Å²) in [4.78, 5) is 18.5. The Morgan fingerprint density at radius 1 is 1.27 bits per heavy atom. The summed E-state index contributed by atoms with van der Waals surface area (Å²) >= 11 is 1.63. The zero-order chi connectivity index (χ0) is 15.8. The van der Waals surface area contributed by atoms with E-state index < -0.39 is 0 Å². The van der Waals surface area contributed by atoms with Gasteiger partial charge in [-0.15, -0.1) is 11.3 Å². The van der Waals surface area contributed by atoms with Crippen LogP contribution in [-0.2, 0) is 11.2 Å². The number of rotatable bonds is 8. The van der Waals surface area contributed by atoms with Crippen LogP contribution in [0.3, 0.4) is 0 Å². The molecule has 0 aliphatic heterocycles. The van der Waals surface area contributed by atoms with Gasteiger partial charge in [-0.05, 0) is 33.5 Å². The van der Waals surface area contributed by atoms with Crippen LogP contribution in [0.1, 0.15) is 18.5 Å². The zero-order valence-electron chi connectivity index (χ0n) is 13.2. The van der Waals surface area contributed by atoms with Crippen LogP contribution in [0, 0.1) is 0 Å². The van der Waals surface area contributed by atoms with Gasteiger partial charge in [0.15, 0.2) is 0 Å². The Kier molecular flexibility index (Phi) is 6.55. The molecule has 0 aliphatic rings. The fourth-order valence-electron chi connectivity index (χ4n) is 2.09. The number of amides is 1. The molecule has 1 aromatic carbocycles. The molecule has 0 radical (unpaired) electrons. The molecule has 0 unspecified atom stereocenters. The number of nitrogens with one attached hydrogen (secondary N) is 1. The molecule has 0 aliphatic carbocycles. The van der Waals surface area contributed by atoms with Crippen molar-refractivity contribution in [3.8, 4) is 10.6 Å². The number of nitrogens with zero attached hydrogens (tertiary/aromatic N) is 2. The lowest BCUT2D eigenvalue weighted by atomic mass is 10.2. The first-order valence-corrected chi connectivity index (χ1v) is 8.44. The van der Waals surface area contributed by atoms with E-state index in [-0.39, 0.29) is 5.91 Å². The Balaban J connectivity index is 1.73. The number of thiazole rings is 1. The van der Waals surface area contributed by atoms with Crippen molar-refractivity contribution in [2.45, 2.75) is 19.3 Å². The number of carbonyl (C=O) groups is 1. The maximum absolute atomic E-state index is 11.8. The molecule has 1 N–H and O–H groups in total. The van der Waals surface area contributed by atoms with Gasteiger partial charge in [-0.1, -0.05) is 30.3 Å². The van der Waals surface area contributed by atoms with Crippen molar-refractivity contribution in [2.75, 3.05) is 27.2 Å². The molecule has 5 heteroatoms.